The van der Waals surface area contributed by atoms with Gasteiger partial charge >= 0.3 is 5.69 Å². The van der Waals surface area contributed by atoms with Crippen LogP contribution >= 0.6 is 23.2 Å². The molecule has 8 heteroatoms. The maximum atomic E-state index is 11.8. The number of aromatic nitrogens is 4. The van der Waals surface area contributed by atoms with E-state index in [1.807, 2.05) is 0 Å². The van der Waals surface area contributed by atoms with E-state index in [-0.39, 0.29) is 11.6 Å². The Morgan fingerprint density at radius 2 is 2.11 bits per heavy atom. The topological polar surface area (TPSA) is 61.9 Å². The van der Waals surface area contributed by atoms with Gasteiger partial charge in [-0.2, -0.15) is 9.36 Å². The van der Waals surface area contributed by atoms with E-state index in [0.29, 0.717) is 16.5 Å². The van der Waals surface area contributed by atoms with Crippen LogP contribution in [0.15, 0.2) is 16.9 Å². The van der Waals surface area contributed by atoms with Crippen LogP contribution in [0.3, 0.4) is 0 Å². The van der Waals surface area contributed by atoms with Crippen LogP contribution in [0.5, 0.6) is 5.75 Å². The van der Waals surface area contributed by atoms with E-state index in [1.165, 1.54) is 19.2 Å². The summed E-state index contributed by atoms with van der Waals surface area (Å²) < 4.78 is 7.37. The fourth-order valence-corrected chi connectivity index (χ4v) is 1.89. The number of ether oxygens (including phenoxy) is 1. The minimum Gasteiger partial charge on any atom is -0.479 e. The largest absolute Gasteiger partial charge is 0.479 e. The van der Waals surface area contributed by atoms with Crippen LogP contribution < -0.4 is 10.4 Å². The zero-order valence-corrected chi connectivity index (χ0v) is 11.3. The molecule has 0 radical (unpaired) electrons. The number of rotatable bonds is 3. The fourth-order valence-electron chi connectivity index (χ4n) is 1.38. The highest BCUT2D eigenvalue weighted by molar-refractivity contribution is 6.36. The summed E-state index contributed by atoms with van der Waals surface area (Å²) >= 11 is 12.0. The number of tetrazole rings is 1. The maximum absolute atomic E-state index is 11.8. The minimum absolute atomic E-state index is 0.0517. The van der Waals surface area contributed by atoms with Gasteiger partial charge in [-0.25, -0.2) is 4.79 Å². The average molecular weight is 299 g/mol. The summed E-state index contributed by atoms with van der Waals surface area (Å²) in [5.41, 5.74) is -0.122. The summed E-state index contributed by atoms with van der Waals surface area (Å²) in [5.74, 6) is 2.63. The monoisotopic (exact) mass is 298 g/mol. The number of hydrogen-bond acceptors (Lipinski definition) is 4. The molecule has 1 aromatic heterocycles. The third-order valence-electron chi connectivity index (χ3n) is 2.26. The molecule has 0 unspecified atom stereocenters. The molecule has 0 atom stereocenters. The average Bonchev–Trinajstić information content (AvgIpc) is 2.69. The quantitative estimate of drug-likeness (QED) is 0.801. The van der Waals surface area contributed by atoms with E-state index in [4.69, 9.17) is 34.4 Å². The van der Waals surface area contributed by atoms with Crippen molar-refractivity contribution in [2.75, 3.05) is 6.61 Å². The lowest BCUT2D eigenvalue weighted by Gasteiger charge is -2.08. The molecule has 0 aliphatic heterocycles. The van der Waals surface area contributed by atoms with Crippen molar-refractivity contribution in [3.05, 3.63) is 32.7 Å². The molecule has 0 saturated carbocycles. The Morgan fingerprint density at radius 3 is 2.68 bits per heavy atom. The summed E-state index contributed by atoms with van der Waals surface area (Å²) in [6.07, 6.45) is 5.11. The van der Waals surface area contributed by atoms with E-state index in [9.17, 15) is 4.79 Å². The lowest BCUT2D eigenvalue weighted by atomic mass is 10.3. The summed E-state index contributed by atoms with van der Waals surface area (Å²) in [7, 11) is 1.48. The van der Waals surface area contributed by atoms with Crippen molar-refractivity contribution in [2.24, 2.45) is 7.05 Å². The molecule has 0 spiro atoms. The molecule has 2 rings (SSSR count). The molecule has 98 valence electrons. The molecular formula is C11H8Cl2N4O2. The maximum Gasteiger partial charge on any atom is 0.368 e. The molecule has 0 fully saturated rings. The van der Waals surface area contributed by atoms with Gasteiger partial charge in [0.2, 0.25) is 0 Å². The summed E-state index contributed by atoms with van der Waals surface area (Å²) in [5, 5.41) is 7.83. The predicted octanol–water partition coefficient (Wildman–Crippen LogP) is 1.28. The third kappa shape index (κ3) is 2.57. The normalized spacial score (nSPS) is 10.2. The van der Waals surface area contributed by atoms with Gasteiger partial charge in [0.1, 0.15) is 12.4 Å². The highest BCUT2D eigenvalue weighted by Gasteiger charge is 2.14. The standard InChI is InChI=1S/C11H8Cl2N4O2/c1-3-4-19-10-6-9(7(12)5-8(10)13)17-11(18)16(2)14-15-17/h1,5-6H,4H2,2H3. The van der Waals surface area contributed by atoms with Gasteiger partial charge in [0, 0.05) is 13.1 Å². The van der Waals surface area contributed by atoms with Gasteiger partial charge in [-0.15, -0.1) is 6.42 Å². The zero-order chi connectivity index (χ0) is 14.0. The molecule has 0 bridgehead atoms. The second-order valence-electron chi connectivity index (χ2n) is 3.52. The molecule has 2 aromatic rings. The van der Waals surface area contributed by atoms with Crippen molar-refractivity contribution in [3.8, 4) is 23.8 Å². The van der Waals surface area contributed by atoms with Crippen LogP contribution in [0.2, 0.25) is 10.0 Å². The second-order valence-corrected chi connectivity index (χ2v) is 4.34. The number of benzene rings is 1. The molecule has 19 heavy (non-hydrogen) atoms. The molecular weight excluding hydrogens is 291 g/mol. The van der Waals surface area contributed by atoms with Crippen molar-refractivity contribution in [1.82, 2.24) is 19.8 Å². The second kappa shape index (κ2) is 5.34. The van der Waals surface area contributed by atoms with E-state index in [1.54, 1.807) is 0 Å². The molecule has 1 heterocycles. The highest BCUT2D eigenvalue weighted by Crippen LogP contribution is 2.32. The fraction of sp³-hybridized carbons (Fsp3) is 0.182. The lowest BCUT2D eigenvalue weighted by Crippen LogP contribution is -2.22. The van der Waals surface area contributed by atoms with Crippen LogP contribution in [-0.2, 0) is 7.05 Å². The van der Waals surface area contributed by atoms with E-state index >= 15 is 0 Å². The van der Waals surface area contributed by atoms with Gasteiger partial charge in [-0.1, -0.05) is 29.1 Å². The number of nitrogens with zero attached hydrogens (tertiary/aromatic N) is 4. The number of hydrogen-bond donors (Lipinski definition) is 0. The van der Waals surface area contributed by atoms with Crippen molar-refractivity contribution in [2.45, 2.75) is 0 Å². The van der Waals surface area contributed by atoms with Crippen molar-refractivity contribution >= 4 is 23.2 Å². The Hall–Kier alpha value is -1.97. The summed E-state index contributed by atoms with van der Waals surface area (Å²) in [6, 6.07) is 2.93. The predicted molar refractivity (Wildman–Crippen MR) is 70.9 cm³/mol. The number of aryl methyl sites for hydroxylation is 1. The molecule has 1 aromatic carbocycles. The first-order valence-electron chi connectivity index (χ1n) is 5.09. The van der Waals surface area contributed by atoms with E-state index in [2.05, 4.69) is 16.3 Å². The van der Waals surface area contributed by atoms with Crippen LogP contribution in [0, 0.1) is 12.3 Å². The van der Waals surface area contributed by atoms with Gasteiger partial charge in [-0.05, 0) is 16.5 Å². The first-order valence-corrected chi connectivity index (χ1v) is 5.85. The first kappa shape index (κ1) is 13.5. The number of terminal acetylenes is 1. The molecule has 0 amide bonds. The third-order valence-corrected chi connectivity index (χ3v) is 2.86. The molecule has 0 aliphatic rings. The zero-order valence-electron chi connectivity index (χ0n) is 9.80. The summed E-state index contributed by atoms with van der Waals surface area (Å²) in [6.45, 7) is 0.0517. The first-order chi connectivity index (χ1) is 9.04. The van der Waals surface area contributed by atoms with E-state index < -0.39 is 5.69 Å². The van der Waals surface area contributed by atoms with Gasteiger partial charge in [0.25, 0.3) is 0 Å². The number of halogens is 2. The van der Waals surface area contributed by atoms with Gasteiger partial charge < -0.3 is 4.74 Å². The van der Waals surface area contributed by atoms with Crippen LogP contribution in [0.1, 0.15) is 0 Å². The lowest BCUT2D eigenvalue weighted by molar-refractivity contribution is 0.370. The molecule has 0 N–H and O–H groups in total. The van der Waals surface area contributed by atoms with Gasteiger partial charge in [0.15, 0.2) is 0 Å². The Balaban J connectivity index is 2.55. The summed E-state index contributed by atoms with van der Waals surface area (Å²) in [4.78, 5) is 11.8. The highest BCUT2D eigenvalue weighted by atomic mass is 35.5. The molecule has 0 aliphatic carbocycles. The minimum atomic E-state index is -0.438. The van der Waals surface area contributed by atoms with Crippen molar-refractivity contribution in [3.63, 3.8) is 0 Å². The molecule has 0 saturated heterocycles. The van der Waals surface area contributed by atoms with Crippen molar-refractivity contribution < 1.29 is 4.74 Å². The smallest absolute Gasteiger partial charge is 0.368 e. The molecule has 6 nitrogen and oxygen atoms in total. The van der Waals surface area contributed by atoms with Crippen molar-refractivity contribution in [1.29, 1.82) is 0 Å². The van der Waals surface area contributed by atoms with Crippen LogP contribution in [-0.4, -0.2) is 26.4 Å². The Bertz CT molecular complexity index is 714. The van der Waals surface area contributed by atoms with Gasteiger partial charge in [-0.3, -0.25) is 0 Å². The van der Waals surface area contributed by atoms with Crippen LogP contribution in [0.4, 0.5) is 0 Å². The Labute approximate surface area is 118 Å². The Morgan fingerprint density at radius 1 is 1.37 bits per heavy atom. The van der Waals surface area contributed by atoms with Gasteiger partial charge in [0.05, 0.1) is 15.7 Å². The van der Waals surface area contributed by atoms with Crippen LogP contribution in [0.25, 0.3) is 5.69 Å². The SMILES string of the molecule is C#CCOc1cc(-n2nnn(C)c2=O)c(Cl)cc1Cl. The van der Waals surface area contributed by atoms with E-state index in [0.717, 1.165) is 9.36 Å². The Kier molecular flexibility index (Phi) is 3.79.